The van der Waals surface area contributed by atoms with Gasteiger partial charge in [-0.3, -0.25) is 0 Å². The summed E-state index contributed by atoms with van der Waals surface area (Å²) in [6, 6.07) is 64.4. The van der Waals surface area contributed by atoms with Crippen molar-refractivity contribution in [3.05, 3.63) is 176 Å². The molecule has 0 amide bonds. The molecule has 10 aromatic rings. The topological polar surface area (TPSA) is 4.93 Å². The first-order chi connectivity index (χ1) is 23.3. The van der Waals surface area contributed by atoms with Crippen molar-refractivity contribution in [2.24, 2.45) is 0 Å². The van der Waals surface area contributed by atoms with E-state index in [4.69, 9.17) is 0 Å². The minimum atomic E-state index is 1.17. The van der Waals surface area contributed by atoms with Gasteiger partial charge in [-0.05, 0) is 90.0 Å². The van der Waals surface area contributed by atoms with E-state index in [1.165, 1.54) is 93.2 Å². The summed E-state index contributed by atoms with van der Waals surface area (Å²) in [4.78, 5) is 0. The number of fused-ring (bicyclic) bond motifs is 2. The van der Waals surface area contributed by atoms with Crippen LogP contribution >= 0.6 is 0 Å². The zero-order valence-electron chi connectivity index (χ0n) is 25.7. The van der Waals surface area contributed by atoms with Gasteiger partial charge in [0.15, 0.2) is 0 Å². The number of benzene rings is 9. The van der Waals surface area contributed by atoms with Crippen LogP contribution in [0.4, 0.5) is 0 Å². The fourth-order valence-corrected chi connectivity index (χ4v) is 7.86. The number of hydrogen-bond acceptors (Lipinski definition) is 0. The average Bonchev–Trinajstić information content (AvgIpc) is 3.49. The predicted octanol–water partition coefficient (Wildman–Crippen LogP) is 12.7. The number of nitrogens with zero attached hydrogens (tertiary/aromatic N) is 1. The van der Waals surface area contributed by atoms with Gasteiger partial charge in [0.25, 0.3) is 0 Å². The quantitative estimate of drug-likeness (QED) is 0.178. The van der Waals surface area contributed by atoms with Crippen LogP contribution in [0.3, 0.4) is 0 Å². The lowest BCUT2D eigenvalue weighted by molar-refractivity contribution is 1.18. The molecule has 0 saturated heterocycles. The van der Waals surface area contributed by atoms with Gasteiger partial charge >= 0.3 is 0 Å². The van der Waals surface area contributed by atoms with Crippen LogP contribution in [0.5, 0.6) is 0 Å². The maximum absolute atomic E-state index is 2.46. The van der Waals surface area contributed by atoms with Crippen molar-refractivity contribution in [2.75, 3.05) is 0 Å². The zero-order valence-corrected chi connectivity index (χ0v) is 25.7. The van der Waals surface area contributed by atoms with Crippen molar-refractivity contribution in [3.8, 4) is 39.1 Å². The number of aromatic nitrogens is 1. The summed E-state index contributed by atoms with van der Waals surface area (Å²) in [5.41, 5.74) is 11.2. The van der Waals surface area contributed by atoms with Crippen LogP contribution in [-0.4, -0.2) is 4.57 Å². The van der Waals surface area contributed by atoms with Crippen LogP contribution in [0.2, 0.25) is 0 Å². The van der Waals surface area contributed by atoms with Gasteiger partial charge in [0, 0.05) is 16.5 Å². The van der Waals surface area contributed by atoms with Gasteiger partial charge < -0.3 is 4.57 Å². The molecule has 1 heteroatoms. The Balaban J connectivity index is 1.29. The fourth-order valence-electron chi connectivity index (χ4n) is 7.86. The molecule has 9 aromatic carbocycles. The Kier molecular flexibility index (Phi) is 5.64. The van der Waals surface area contributed by atoms with Gasteiger partial charge in [0.1, 0.15) is 0 Å². The van der Waals surface area contributed by atoms with E-state index in [1.54, 1.807) is 0 Å². The van der Waals surface area contributed by atoms with Crippen LogP contribution < -0.4 is 0 Å². The molecule has 218 valence electrons. The molecule has 47 heavy (non-hydrogen) atoms. The standard InChI is InChI=1S/C46H29N/c1-2-10-30(11-3-1)31-20-22-34(23-21-31)47-43-28-26-39(37-18-8-14-32-12-4-6-16-35(32)37)41-24-25-42-40(27-29-44(47)46(42)45(41)43)38-19-9-15-33-13-5-7-17-36(33)38/h1-29H. The monoisotopic (exact) mass is 595 g/mol. The highest BCUT2D eigenvalue weighted by molar-refractivity contribution is 6.29. The molecule has 1 nitrogen and oxygen atoms in total. The molecular formula is C46H29N. The molecule has 0 atom stereocenters. The Morgan fingerprint density at radius 2 is 0.723 bits per heavy atom. The van der Waals surface area contributed by atoms with E-state index in [0.29, 0.717) is 0 Å². The third kappa shape index (κ3) is 3.90. The summed E-state index contributed by atoms with van der Waals surface area (Å²) in [5, 5.41) is 10.3. The first-order valence-corrected chi connectivity index (χ1v) is 16.3. The van der Waals surface area contributed by atoms with Gasteiger partial charge in [-0.25, -0.2) is 0 Å². The molecule has 0 fully saturated rings. The Morgan fingerprint density at radius 1 is 0.277 bits per heavy atom. The van der Waals surface area contributed by atoms with Crippen LogP contribution in [0.25, 0.3) is 93.2 Å². The van der Waals surface area contributed by atoms with Gasteiger partial charge in [-0.2, -0.15) is 0 Å². The third-order valence-corrected chi connectivity index (χ3v) is 9.99. The van der Waals surface area contributed by atoms with Gasteiger partial charge in [-0.15, -0.1) is 0 Å². The maximum atomic E-state index is 2.46. The predicted molar refractivity (Wildman–Crippen MR) is 201 cm³/mol. The second-order valence-corrected chi connectivity index (χ2v) is 12.5. The van der Waals surface area contributed by atoms with Crippen LogP contribution in [0.15, 0.2) is 176 Å². The lowest BCUT2D eigenvalue weighted by Gasteiger charge is -2.14. The normalized spacial score (nSPS) is 11.8. The number of hydrogen-bond donors (Lipinski definition) is 0. The van der Waals surface area contributed by atoms with Crippen molar-refractivity contribution < 1.29 is 0 Å². The fraction of sp³-hybridized carbons (Fsp3) is 0. The molecular weight excluding hydrogens is 567 g/mol. The largest absolute Gasteiger partial charge is 0.309 e. The molecule has 0 aliphatic heterocycles. The average molecular weight is 596 g/mol. The van der Waals surface area contributed by atoms with Crippen molar-refractivity contribution in [3.63, 3.8) is 0 Å². The van der Waals surface area contributed by atoms with Gasteiger partial charge in [0.2, 0.25) is 0 Å². The molecule has 10 rings (SSSR count). The second kappa shape index (κ2) is 10.2. The summed E-state index contributed by atoms with van der Waals surface area (Å²) in [7, 11) is 0. The molecule has 0 spiro atoms. The maximum Gasteiger partial charge on any atom is 0.0547 e. The second-order valence-electron chi connectivity index (χ2n) is 12.5. The highest BCUT2D eigenvalue weighted by Gasteiger charge is 2.22. The van der Waals surface area contributed by atoms with E-state index in [2.05, 4.69) is 180 Å². The van der Waals surface area contributed by atoms with Gasteiger partial charge in [-0.1, -0.05) is 152 Å². The van der Waals surface area contributed by atoms with Crippen molar-refractivity contribution >= 4 is 54.1 Å². The zero-order chi connectivity index (χ0) is 30.9. The summed E-state index contributed by atoms with van der Waals surface area (Å²) >= 11 is 0. The molecule has 1 aromatic heterocycles. The van der Waals surface area contributed by atoms with Gasteiger partial charge in [0.05, 0.1) is 11.0 Å². The molecule has 0 aliphatic carbocycles. The molecule has 0 unspecified atom stereocenters. The molecule has 0 radical (unpaired) electrons. The molecule has 0 aliphatic rings. The van der Waals surface area contributed by atoms with E-state index in [-0.39, 0.29) is 0 Å². The smallest absolute Gasteiger partial charge is 0.0547 e. The van der Waals surface area contributed by atoms with E-state index in [0.717, 1.165) is 0 Å². The molecule has 0 N–H and O–H groups in total. The van der Waals surface area contributed by atoms with E-state index in [9.17, 15) is 0 Å². The molecule has 0 saturated carbocycles. The van der Waals surface area contributed by atoms with Crippen LogP contribution in [0, 0.1) is 0 Å². The van der Waals surface area contributed by atoms with Crippen molar-refractivity contribution in [1.82, 2.24) is 4.57 Å². The third-order valence-electron chi connectivity index (χ3n) is 9.99. The van der Waals surface area contributed by atoms with Crippen molar-refractivity contribution in [2.45, 2.75) is 0 Å². The Bertz CT molecular complexity index is 2600. The SMILES string of the molecule is c1ccc(-c2ccc(-n3c4ccc(-c5cccc6ccccc56)c5ccc6c(-c7cccc8ccccc78)ccc3c6c54)cc2)cc1. The van der Waals surface area contributed by atoms with E-state index >= 15 is 0 Å². The summed E-state index contributed by atoms with van der Waals surface area (Å²) < 4.78 is 2.46. The highest BCUT2D eigenvalue weighted by atomic mass is 15.0. The Morgan fingerprint density at radius 3 is 1.28 bits per heavy atom. The van der Waals surface area contributed by atoms with Crippen LogP contribution in [-0.2, 0) is 0 Å². The first-order valence-electron chi connectivity index (χ1n) is 16.3. The molecule has 0 bridgehead atoms. The molecule has 1 heterocycles. The highest BCUT2D eigenvalue weighted by Crippen LogP contribution is 2.46. The van der Waals surface area contributed by atoms with E-state index in [1.807, 2.05) is 0 Å². The minimum Gasteiger partial charge on any atom is -0.309 e. The lowest BCUT2D eigenvalue weighted by atomic mass is 9.89. The first kappa shape index (κ1) is 26.1. The summed E-state index contributed by atoms with van der Waals surface area (Å²) in [5.74, 6) is 0. The van der Waals surface area contributed by atoms with E-state index < -0.39 is 0 Å². The minimum absolute atomic E-state index is 1.17. The van der Waals surface area contributed by atoms with Crippen molar-refractivity contribution in [1.29, 1.82) is 0 Å². The summed E-state index contributed by atoms with van der Waals surface area (Å²) in [6.07, 6.45) is 0. The summed E-state index contributed by atoms with van der Waals surface area (Å²) in [6.45, 7) is 0. The Hall–Kier alpha value is -6.18. The Labute approximate surface area is 272 Å². The van der Waals surface area contributed by atoms with Crippen LogP contribution in [0.1, 0.15) is 0 Å². The number of rotatable bonds is 4. The lowest BCUT2D eigenvalue weighted by Crippen LogP contribution is -1.94.